The summed E-state index contributed by atoms with van der Waals surface area (Å²) in [7, 11) is 0. The first kappa shape index (κ1) is 10.7. The number of anilines is 1. The van der Waals surface area contributed by atoms with Crippen molar-refractivity contribution in [3.63, 3.8) is 0 Å². The van der Waals surface area contributed by atoms with Crippen molar-refractivity contribution in [2.45, 2.75) is 6.54 Å². The fraction of sp³-hybridized carbons (Fsp3) is 0.0714. The van der Waals surface area contributed by atoms with Gasteiger partial charge in [-0.15, -0.1) is 0 Å². The van der Waals surface area contributed by atoms with E-state index < -0.39 is 0 Å². The molecule has 0 radical (unpaired) electrons. The lowest BCUT2D eigenvalue weighted by atomic mass is 10.2. The number of nitrogens with one attached hydrogen (secondary N) is 3. The van der Waals surface area contributed by atoms with Gasteiger partial charge in [0.2, 0.25) is 0 Å². The molecule has 0 bridgehead atoms. The largest absolute Gasteiger partial charge is 0.381 e. The highest BCUT2D eigenvalue weighted by Crippen LogP contribution is 2.15. The molecule has 90 valence electrons. The molecule has 0 aliphatic rings. The first-order valence-electron chi connectivity index (χ1n) is 5.81. The van der Waals surface area contributed by atoms with E-state index in [1.165, 1.54) is 5.56 Å². The van der Waals surface area contributed by atoms with Gasteiger partial charge in [-0.1, -0.05) is 30.3 Å². The maximum Gasteiger partial charge on any atom is 0.323 e. The molecular formula is C14H13N3O. The van der Waals surface area contributed by atoms with E-state index in [-0.39, 0.29) is 5.69 Å². The molecular weight excluding hydrogens is 226 g/mol. The molecule has 3 N–H and O–H groups in total. The lowest BCUT2D eigenvalue weighted by Gasteiger charge is -2.06. The predicted molar refractivity (Wildman–Crippen MR) is 72.7 cm³/mol. The molecule has 1 aromatic heterocycles. The van der Waals surface area contributed by atoms with E-state index in [0.717, 1.165) is 23.3 Å². The van der Waals surface area contributed by atoms with Crippen molar-refractivity contribution in [1.82, 2.24) is 9.97 Å². The number of imidazole rings is 1. The molecule has 0 aliphatic heterocycles. The van der Waals surface area contributed by atoms with Crippen LogP contribution in [0.3, 0.4) is 0 Å². The smallest absolute Gasteiger partial charge is 0.323 e. The third-order valence-corrected chi connectivity index (χ3v) is 2.86. The van der Waals surface area contributed by atoms with Gasteiger partial charge in [-0.3, -0.25) is 0 Å². The fourth-order valence-electron chi connectivity index (χ4n) is 1.94. The van der Waals surface area contributed by atoms with Crippen LogP contribution >= 0.6 is 0 Å². The van der Waals surface area contributed by atoms with Crippen molar-refractivity contribution in [3.05, 3.63) is 64.6 Å². The molecule has 18 heavy (non-hydrogen) atoms. The van der Waals surface area contributed by atoms with Gasteiger partial charge >= 0.3 is 5.69 Å². The van der Waals surface area contributed by atoms with Gasteiger partial charge in [0.15, 0.2) is 0 Å². The van der Waals surface area contributed by atoms with E-state index in [4.69, 9.17) is 0 Å². The van der Waals surface area contributed by atoms with Crippen molar-refractivity contribution >= 4 is 16.7 Å². The zero-order valence-corrected chi connectivity index (χ0v) is 9.73. The molecule has 0 atom stereocenters. The van der Waals surface area contributed by atoms with Gasteiger partial charge in [0.1, 0.15) is 0 Å². The second-order valence-corrected chi connectivity index (χ2v) is 4.18. The Morgan fingerprint density at radius 3 is 2.56 bits per heavy atom. The number of H-pyrrole nitrogens is 2. The summed E-state index contributed by atoms with van der Waals surface area (Å²) in [5.74, 6) is 0. The summed E-state index contributed by atoms with van der Waals surface area (Å²) in [6.07, 6.45) is 0. The summed E-state index contributed by atoms with van der Waals surface area (Å²) in [4.78, 5) is 16.6. The maximum absolute atomic E-state index is 11.1. The molecule has 0 aliphatic carbocycles. The van der Waals surface area contributed by atoms with Crippen LogP contribution in [0.4, 0.5) is 5.69 Å². The highest BCUT2D eigenvalue weighted by molar-refractivity contribution is 5.78. The van der Waals surface area contributed by atoms with Gasteiger partial charge in [-0.25, -0.2) is 4.79 Å². The van der Waals surface area contributed by atoms with Crippen LogP contribution in [0.25, 0.3) is 11.0 Å². The maximum atomic E-state index is 11.1. The highest BCUT2D eigenvalue weighted by atomic mass is 16.1. The fourth-order valence-corrected chi connectivity index (χ4v) is 1.94. The summed E-state index contributed by atoms with van der Waals surface area (Å²) >= 11 is 0. The monoisotopic (exact) mass is 239 g/mol. The summed E-state index contributed by atoms with van der Waals surface area (Å²) in [6, 6.07) is 16.0. The van der Waals surface area contributed by atoms with Crippen LogP contribution in [0.1, 0.15) is 5.56 Å². The van der Waals surface area contributed by atoms with E-state index in [1.54, 1.807) is 0 Å². The number of aromatic nitrogens is 2. The van der Waals surface area contributed by atoms with Gasteiger partial charge in [0.25, 0.3) is 0 Å². The van der Waals surface area contributed by atoms with Gasteiger partial charge in [-0.2, -0.15) is 0 Å². The zero-order valence-electron chi connectivity index (χ0n) is 9.73. The van der Waals surface area contributed by atoms with Crippen LogP contribution in [0.2, 0.25) is 0 Å². The molecule has 0 saturated heterocycles. The molecule has 0 unspecified atom stereocenters. The standard InChI is InChI=1S/C14H13N3O/c18-14-16-12-7-6-11(8-13(12)17-14)15-9-10-4-2-1-3-5-10/h1-8,15H,9H2,(H2,16,17,18). The average molecular weight is 239 g/mol. The summed E-state index contributed by atoms with van der Waals surface area (Å²) < 4.78 is 0. The van der Waals surface area contributed by atoms with Crippen LogP contribution < -0.4 is 11.0 Å². The van der Waals surface area contributed by atoms with Gasteiger partial charge < -0.3 is 15.3 Å². The minimum Gasteiger partial charge on any atom is -0.381 e. The molecule has 0 spiro atoms. The first-order valence-corrected chi connectivity index (χ1v) is 5.81. The second kappa shape index (κ2) is 4.41. The number of hydrogen-bond acceptors (Lipinski definition) is 2. The molecule has 3 aromatic rings. The molecule has 2 aromatic carbocycles. The Hall–Kier alpha value is -2.49. The lowest BCUT2D eigenvalue weighted by Crippen LogP contribution is -1.99. The minimum atomic E-state index is -0.176. The third kappa shape index (κ3) is 2.13. The third-order valence-electron chi connectivity index (χ3n) is 2.86. The van der Waals surface area contributed by atoms with Crippen LogP contribution in [0, 0.1) is 0 Å². The van der Waals surface area contributed by atoms with Crippen LogP contribution in [-0.2, 0) is 6.54 Å². The molecule has 0 amide bonds. The summed E-state index contributed by atoms with van der Waals surface area (Å²) in [6.45, 7) is 0.765. The Bertz CT molecular complexity index is 712. The number of fused-ring (bicyclic) bond motifs is 1. The summed E-state index contributed by atoms with van der Waals surface area (Å²) in [5, 5.41) is 3.33. The molecule has 4 nitrogen and oxygen atoms in total. The van der Waals surface area contributed by atoms with E-state index in [2.05, 4.69) is 27.4 Å². The molecule has 0 saturated carbocycles. The number of aromatic amines is 2. The van der Waals surface area contributed by atoms with Crippen molar-refractivity contribution in [1.29, 1.82) is 0 Å². The lowest BCUT2D eigenvalue weighted by molar-refractivity contribution is 1.15. The zero-order chi connectivity index (χ0) is 12.4. The Kier molecular flexibility index (Phi) is 2.61. The van der Waals surface area contributed by atoms with Crippen molar-refractivity contribution in [3.8, 4) is 0 Å². The molecule has 3 rings (SSSR count). The molecule has 4 heteroatoms. The SMILES string of the molecule is O=c1[nH]c2ccc(NCc3ccccc3)cc2[nH]1. The van der Waals surface area contributed by atoms with Crippen molar-refractivity contribution in [2.75, 3.05) is 5.32 Å². The molecule has 0 fully saturated rings. The Labute approximate surface area is 104 Å². The number of rotatable bonds is 3. The van der Waals surface area contributed by atoms with E-state index >= 15 is 0 Å². The van der Waals surface area contributed by atoms with Crippen LogP contribution in [-0.4, -0.2) is 9.97 Å². The quantitative estimate of drug-likeness (QED) is 0.657. The van der Waals surface area contributed by atoms with Crippen molar-refractivity contribution < 1.29 is 0 Å². The van der Waals surface area contributed by atoms with Gasteiger partial charge in [-0.05, 0) is 23.8 Å². The Morgan fingerprint density at radius 1 is 0.944 bits per heavy atom. The van der Waals surface area contributed by atoms with Crippen LogP contribution in [0.5, 0.6) is 0 Å². The summed E-state index contributed by atoms with van der Waals surface area (Å²) in [5.41, 5.74) is 3.68. The van der Waals surface area contributed by atoms with Crippen molar-refractivity contribution in [2.24, 2.45) is 0 Å². The van der Waals surface area contributed by atoms with E-state index in [1.807, 2.05) is 36.4 Å². The number of benzene rings is 2. The second-order valence-electron chi connectivity index (χ2n) is 4.18. The van der Waals surface area contributed by atoms with Crippen LogP contribution in [0.15, 0.2) is 53.3 Å². The normalized spacial score (nSPS) is 10.7. The van der Waals surface area contributed by atoms with Gasteiger partial charge in [0.05, 0.1) is 11.0 Å². The average Bonchev–Trinajstić information content (AvgIpc) is 2.77. The first-order chi connectivity index (χ1) is 8.81. The van der Waals surface area contributed by atoms with E-state index in [0.29, 0.717) is 0 Å². The Morgan fingerprint density at radius 2 is 1.72 bits per heavy atom. The predicted octanol–water partition coefficient (Wildman–Crippen LogP) is 2.47. The molecule has 1 heterocycles. The topological polar surface area (TPSA) is 60.7 Å². The van der Waals surface area contributed by atoms with E-state index in [9.17, 15) is 4.79 Å². The highest BCUT2D eigenvalue weighted by Gasteiger charge is 1.99. The minimum absolute atomic E-state index is 0.176. The number of hydrogen-bond donors (Lipinski definition) is 3. The Balaban J connectivity index is 1.80. The van der Waals surface area contributed by atoms with Gasteiger partial charge in [0, 0.05) is 12.2 Å².